The molecule has 6 heteroatoms. The van der Waals surface area contributed by atoms with Gasteiger partial charge in [0.25, 0.3) is 0 Å². The molecule has 0 saturated heterocycles. The van der Waals surface area contributed by atoms with E-state index in [1.54, 1.807) is 29.5 Å². The van der Waals surface area contributed by atoms with Crippen LogP contribution < -0.4 is 20.1 Å². The summed E-state index contributed by atoms with van der Waals surface area (Å²) in [5, 5.41) is 9.87. The molecule has 0 unspecified atom stereocenters. The van der Waals surface area contributed by atoms with Crippen LogP contribution >= 0.6 is 11.3 Å². The van der Waals surface area contributed by atoms with Crippen molar-refractivity contribution in [3.05, 3.63) is 40.6 Å². The number of hydrogen-bond donors (Lipinski definition) is 2. The molecule has 0 atom stereocenters. The Balaban J connectivity index is 1.57. The van der Waals surface area contributed by atoms with Crippen LogP contribution in [0.1, 0.15) is 19.4 Å². The van der Waals surface area contributed by atoms with Crippen molar-refractivity contribution in [2.24, 2.45) is 0 Å². The second-order valence-corrected chi connectivity index (χ2v) is 6.55. The Bertz CT molecular complexity index is 668. The Labute approximate surface area is 133 Å². The predicted molar refractivity (Wildman–Crippen MR) is 86.9 cm³/mol. The molecule has 1 aromatic carbocycles. The molecule has 1 aliphatic heterocycles. The van der Waals surface area contributed by atoms with Crippen LogP contribution in [0.15, 0.2) is 35.0 Å². The molecule has 0 radical (unpaired) electrons. The number of fused-ring (bicyclic) bond motifs is 1. The lowest BCUT2D eigenvalue weighted by Gasteiger charge is -2.24. The fraction of sp³-hybridized carbons (Fsp3) is 0.312. The van der Waals surface area contributed by atoms with Crippen molar-refractivity contribution in [1.29, 1.82) is 0 Å². The first-order valence-electron chi connectivity index (χ1n) is 7.02. The second-order valence-electron chi connectivity index (χ2n) is 5.77. The minimum absolute atomic E-state index is 0.105. The molecule has 1 aromatic heterocycles. The maximum Gasteiger partial charge on any atom is 0.319 e. The number of carbonyl (C=O) groups is 1. The van der Waals surface area contributed by atoms with E-state index in [1.807, 2.05) is 5.38 Å². The zero-order chi connectivity index (χ0) is 15.6. The van der Waals surface area contributed by atoms with Gasteiger partial charge >= 0.3 is 6.03 Å². The minimum Gasteiger partial charge on any atom is -0.454 e. The summed E-state index contributed by atoms with van der Waals surface area (Å²) >= 11 is 1.66. The molecule has 2 amide bonds. The molecule has 0 saturated carbocycles. The van der Waals surface area contributed by atoms with E-state index in [0.29, 0.717) is 23.7 Å². The molecule has 2 aromatic rings. The third-order valence-corrected chi connectivity index (χ3v) is 4.31. The number of thiophene rings is 1. The third-order valence-electron chi connectivity index (χ3n) is 3.62. The molecule has 0 bridgehead atoms. The van der Waals surface area contributed by atoms with Crippen LogP contribution in [0.25, 0.3) is 0 Å². The summed E-state index contributed by atoms with van der Waals surface area (Å²) in [4.78, 5) is 12.0. The Kier molecular flexibility index (Phi) is 3.94. The number of amides is 2. The van der Waals surface area contributed by atoms with Gasteiger partial charge in [-0.2, -0.15) is 11.3 Å². The van der Waals surface area contributed by atoms with Crippen molar-refractivity contribution in [3.63, 3.8) is 0 Å². The molecule has 3 rings (SSSR count). The lowest BCUT2D eigenvalue weighted by molar-refractivity contribution is 0.174. The van der Waals surface area contributed by atoms with Gasteiger partial charge < -0.3 is 20.1 Å². The molecular weight excluding hydrogens is 300 g/mol. The van der Waals surface area contributed by atoms with E-state index >= 15 is 0 Å². The number of carbonyl (C=O) groups excluding carboxylic acids is 1. The quantitative estimate of drug-likeness (QED) is 0.906. The summed E-state index contributed by atoms with van der Waals surface area (Å²) in [6.45, 7) is 4.99. The lowest BCUT2D eigenvalue weighted by atomic mass is 9.87. The van der Waals surface area contributed by atoms with Crippen molar-refractivity contribution in [1.82, 2.24) is 5.32 Å². The van der Waals surface area contributed by atoms with Crippen LogP contribution in [-0.4, -0.2) is 19.4 Å². The Morgan fingerprint density at radius 2 is 2.09 bits per heavy atom. The molecule has 0 aliphatic carbocycles. The summed E-state index contributed by atoms with van der Waals surface area (Å²) in [5.74, 6) is 1.35. The average molecular weight is 318 g/mol. The molecule has 2 N–H and O–H groups in total. The summed E-state index contributed by atoms with van der Waals surface area (Å²) in [7, 11) is 0. The van der Waals surface area contributed by atoms with Gasteiger partial charge in [-0.25, -0.2) is 4.79 Å². The van der Waals surface area contributed by atoms with Gasteiger partial charge in [-0.3, -0.25) is 0 Å². The normalized spacial score (nSPS) is 13.0. The van der Waals surface area contributed by atoms with Crippen molar-refractivity contribution < 1.29 is 14.3 Å². The highest BCUT2D eigenvalue weighted by molar-refractivity contribution is 7.08. The van der Waals surface area contributed by atoms with E-state index in [0.717, 1.165) is 0 Å². The van der Waals surface area contributed by atoms with E-state index in [1.165, 1.54) is 5.56 Å². The van der Waals surface area contributed by atoms with Gasteiger partial charge in [0.2, 0.25) is 6.79 Å². The highest BCUT2D eigenvalue weighted by Crippen LogP contribution is 2.34. The van der Waals surface area contributed by atoms with E-state index in [2.05, 4.69) is 35.9 Å². The standard InChI is InChI=1S/C16H18N2O3S/c1-16(2,11-5-6-22-8-11)9-17-15(19)18-12-3-4-13-14(7-12)21-10-20-13/h3-8H,9-10H2,1-2H3,(H2,17,18,19). The maximum atomic E-state index is 12.0. The number of anilines is 1. The molecule has 22 heavy (non-hydrogen) atoms. The van der Waals surface area contributed by atoms with Crippen molar-refractivity contribution in [3.8, 4) is 11.5 Å². The number of nitrogens with one attached hydrogen (secondary N) is 2. The monoisotopic (exact) mass is 318 g/mol. The summed E-state index contributed by atoms with van der Waals surface area (Å²) in [6, 6.07) is 7.18. The summed E-state index contributed by atoms with van der Waals surface area (Å²) in [5.41, 5.74) is 1.79. The molecule has 0 fully saturated rings. The van der Waals surface area contributed by atoms with Gasteiger partial charge in [0.15, 0.2) is 11.5 Å². The van der Waals surface area contributed by atoms with Crippen LogP contribution in [0.5, 0.6) is 11.5 Å². The first kappa shape index (κ1) is 14.7. The fourth-order valence-corrected chi connectivity index (χ4v) is 3.05. The van der Waals surface area contributed by atoms with Gasteiger partial charge in [0, 0.05) is 23.7 Å². The van der Waals surface area contributed by atoms with Crippen molar-refractivity contribution in [2.75, 3.05) is 18.7 Å². The van der Waals surface area contributed by atoms with Crippen LogP contribution in [-0.2, 0) is 5.41 Å². The summed E-state index contributed by atoms with van der Waals surface area (Å²) < 4.78 is 10.5. The topological polar surface area (TPSA) is 59.6 Å². The average Bonchev–Trinajstić information content (AvgIpc) is 3.16. The third kappa shape index (κ3) is 3.17. The first-order chi connectivity index (χ1) is 10.5. The zero-order valence-corrected chi connectivity index (χ0v) is 13.3. The van der Waals surface area contributed by atoms with E-state index in [4.69, 9.17) is 9.47 Å². The van der Waals surface area contributed by atoms with Crippen molar-refractivity contribution >= 4 is 23.1 Å². The second kappa shape index (κ2) is 5.88. The first-order valence-corrected chi connectivity index (χ1v) is 7.96. The minimum atomic E-state index is -0.234. The van der Waals surface area contributed by atoms with E-state index in [-0.39, 0.29) is 18.2 Å². The molecular formula is C16H18N2O3S. The predicted octanol–water partition coefficient (Wildman–Crippen LogP) is 3.58. The zero-order valence-electron chi connectivity index (χ0n) is 12.5. The smallest absolute Gasteiger partial charge is 0.319 e. The molecule has 2 heterocycles. The number of benzene rings is 1. The van der Waals surface area contributed by atoms with E-state index < -0.39 is 0 Å². The molecule has 1 aliphatic rings. The SMILES string of the molecule is CC(C)(CNC(=O)Nc1ccc2c(c1)OCO2)c1ccsc1. The van der Waals surface area contributed by atoms with Crippen LogP contribution in [0.2, 0.25) is 0 Å². The van der Waals surface area contributed by atoms with Crippen LogP contribution in [0, 0.1) is 0 Å². The van der Waals surface area contributed by atoms with Gasteiger partial charge in [0.1, 0.15) is 0 Å². The highest BCUT2D eigenvalue weighted by Gasteiger charge is 2.22. The Morgan fingerprint density at radius 3 is 2.86 bits per heavy atom. The van der Waals surface area contributed by atoms with Crippen LogP contribution in [0.3, 0.4) is 0 Å². The lowest BCUT2D eigenvalue weighted by Crippen LogP contribution is -2.38. The maximum absolute atomic E-state index is 12.0. The van der Waals surface area contributed by atoms with Gasteiger partial charge in [-0.15, -0.1) is 0 Å². The molecule has 0 spiro atoms. The number of ether oxygens (including phenoxy) is 2. The van der Waals surface area contributed by atoms with E-state index in [9.17, 15) is 4.79 Å². The van der Waals surface area contributed by atoms with Gasteiger partial charge in [-0.1, -0.05) is 13.8 Å². The highest BCUT2D eigenvalue weighted by atomic mass is 32.1. The molecule has 5 nitrogen and oxygen atoms in total. The number of hydrogen-bond acceptors (Lipinski definition) is 4. The molecule has 116 valence electrons. The number of rotatable bonds is 4. The number of urea groups is 1. The van der Waals surface area contributed by atoms with Crippen LogP contribution in [0.4, 0.5) is 10.5 Å². The Morgan fingerprint density at radius 1 is 1.27 bits per heavy atom. The van der Waals surface area contributed by atoms with Gasteiger partial charge in [-0.05, 0) is 34.5 Å². The van der Waals surface area contributed by atoms with Gasteiger partial charge in [0.05, 0.1) is 0 Å². The summed E-state index contributed by atoms with van der Waals surface area (Å²) in [6.07, 6.45) is 0. The fourth-order valence-electron chi connectivity index (χ4n) is 2.20. The Hall–Kier alpha value is -2.21. The largest absolute Gasteiger partial charge is 0.454 e. The van der Waals surface area contributed by atoms with Crippen molar-refractivity contribution in [2.45, 2.75) is 19.3 Å².